The van der Waals surface area contributed by atoms with Crippen LogP contribution in [0.1, 0.15) is 36.2 Å². The van der Waals surface area contributed by atoms with Crippen molar-refractivity contribution in [1.82, 2.24) is 10.2 Å². The number of hydrogen-bond donors (Lipinski definition) is 1. The number of thiophene rings is 1. The average Bonchev–Trinajstić information content (AvgIpc) is 3.22. The number of morpholine rings is 1. The fourth-order valence-electron chi connectivity index (χ4n) is 3.14. The summed E-state index contributed by atoms with van der Waals surface area (Å²) in [7, 11) is 0. The second kappa shape index (κ2) is 9.88. The lowest BCUT2D eigenvalue weighted by molar-refractivity contribution is -0.123. The van der Waals surface area contributed by atoms with Gasteiger partial charge in [-0.2, -0.15) is 0 Å². The number of rotatable bonds is 8. The van der Waals surface area contributed by atoms with Gasteiger partial charge in [0, 0.05) is 24.5 Å². The highest BCUT2D eigenvalue weighted by molar-refractivity contribution is 7.10. The van der Waals surface area contributed by atoms with Gasteiger partial charge in [0.05, 0.1) is 19.3 Å². The molecule has 1 amide bonds. The maximum Gasteiger partial charge on any atom is 0.258 e. The van der Waals surface area contributed by atoms with Crippen LogP contribution in [0.2, 0.25) is 0 Å². The summed E-state index contributed by atoms with van der Waals surface area (Å²) < 4.78 is 11.1. The van der Waals surface area contributed by atoms with Gasteiger partial charge in [-0.25, -0.2) is 0 Å². The maximum absolute atomic E-state index is 12.3. The van der Waals surface area contributed by atoms with Crippen LogP contribution in [0.15, 0.2) is 41.8 Å². The molecule has 2 heterocycles. The zero-order chi connectivity index (χ0) is 19.1. The number of nitrogens with zero attached hydrogens (tertiary/aromatic N) is 1. The second-order valence-electron chi connectivity index (χ2n) is 7.00. The molecule has 1 atom stereocenters. The van der Waals surface area contributed by atoms with Crippen LogP contribution in [0, 0.1) is 0 Å². The monoisotopic (exact) mass is 388 g/mol. The summed E-state index contributed by atoms with van der Waals surface area (Å²) in [6.45, 7) is 8.17. The van der Waals surface area contributed by atoms with Gasteiger partial charge < -0.3 is 14.8 Å². The first-order valence-corrected chi connectivity index (χ1v) is 10.4. The first kappa shape index (κ1) is 19.9. The number of benzene rings is 1. The molecule has 146 valence electrons. The van der Waals surface area contributed by atoms with Crippen LogP contribution >= 0.6 is 11.3 Å². The van der Waals surface area contributed by atoms with Gasteiger partial charge in [-0.15, -0.1) is 11.3 Å². The van der Waals surface area contributed by atoms with E-state index in [0.717, 1.165) is 32.1 Å². The molecule has 2 aromatic rings. The smallest absolute Gasteiger partial charge is 0.258 e. The number of amides is 1. The standard InChI is InChI=1S/C21H28N2O3S/c1-16(2)17-5-7-18(8-6-17)26-15-21(24)22-14-19(20-4-3-13-27-20)23-9-11-25-12-10-23/h3-8,13,16,19H,9-12,14-15H2,1-2H3,(H,22,24). The van der Waals surface area contributed by atoms with Gasteiger partial charge in [0.2, 0.25) is 0 Å². The normalized spacial score (nSPS) is 16.3. The van der Waals surface area contributed by atoms with Gasteiger partial charge in [-0.05, 0) is 35.1 Å². The van der Waals surface area contributed by atoms with Crippen LogP contribution in [0.3, 0.4) is 0 Å². The molecule has 1 N–H and O–H groups in total. The Balaban J connectivity index is 1.50. The molecule has 5 nitrogen and oxygen atoms in total. The van der Waals surface area contributed by atoms with Gasteiger partial charge >= 0.3 is 0 Å². The predicted molar refractivity (Wildman–Crippen MR) is 108 cm³/mol. The van der Waals surface area contributed by atoms with E-state index >= 15 is 0 Å². The van der Waals surface area contributed by atoms with E-state index < -0.39 is 0 Å². The third-order valence-corrected chi connectivity index (χ3v) is 5.74. The summed E-state index contributed by atoms with van der Waals surface area (Å²) >= 11 is 1.73. The topological polar surface area (TPSA) is 50.8 Å². The fourth-order valence-corrected chi connectivity index (χ4v) is 4.00. The molecule has 6 heteroatoms. The lowest BCUT2D eigenvalue weighted by Gasteiger charge is -2.34. The molecule has 0 bridgehead atoms. The van der Waals surface area contributed by atoms with E-state index in [1.54, 1.807) is 11.3 Å². The zero-order valence-electron chi connectivity index (χ0n) is 16.0. The van der Waals surface area contributed by atoms with Crippen LogP contribution < -0.4 is 10.1 Å². The Kier molecular flexibility index (Phi) is 7.26. The minimum absolute atomic E-state index is 0.0291. The predicted octanol–water partition coefficient (Wildman–Crippen LogP) is 3.44. The van der Waals surface area contributed by atoms with Crippen molar-refractivity contribution >= 4 is 17.2 Å². The molecule has 1 unspecified atom stereocenters. The van der Waals surface area contributed by atoms with Gasteiger partial charge in [0.15, 0.2) is 6.61 Å². The minimum Gasteiger partial charge on any atom is -0.484 e. The lowest BCUT2D eigenvalue weighted by atomic mass is 10.0. The summed E-state index contributed by atoms with van der Waals surface area (Å²) in [6.07, 6.45) is 0. The third-order valence-electron chi connectivity index (χ3n) is 4.77. The Morgan fingerprint density at radius 2 is 1.96 bits per heavy atom. The van der Waals surface area contributed by atoms with Crippen molar-refractivity contribution in [2.45, 2.75) is 25.8 Å². The Morgan fingerprint density at radius 3 is 2.59 bits per heavy atom. The van der Waals surface area contributed by atoms with Gasteiger partial charge in [0.1, 0.15) is 5.75 Å². The molecule has 1 saturated heterocycles. The summed E-state index contributed by atoms with van der Waals surface area (Å²) in [5, 5.41) is 5.11. The van der Waals surface area contributed by atoms with E-state index in [0.29, 0.717) is 12.5 Å². The van der Waals surface area contributed by atoms with E-state index in [4.69, 9.17) is 9.47 Å². The first-order valence-electron chi connectivity index (χ1n) is 9.48. The van der Waals surface area contributed by atoms with Crippen LogP contribution in [-0.2, 0) is 9.53 Å². The van der Waals surface area contributed by atoms with E-state index in [-0.39, 0.29) is 18.6 Å². The fraction of sp³-hybridized carbons (Fsp3) is 0.476. The highest BCUT2D eigenvalue weighted by atomic mass is 32.1. The molecule has 1 fully saturated rings. The number of nitrogens with one attached hydrogen (secondary N) is 1. The highest BCUT2D eigenvalue weighted by Gasteiger charge is 2.23. The van der Waals surface area contributed by atoms with Crippen molar-refractivity contribution in [2.75, 3.05) is 39.5 Å². The molecule has 3 rings (SSSR count). The van der Waals surface area contributed by atoms with Crippen molar-refractivity contribution < 1.29 is 14.3 Å². The summed E-state index contributed by atoms with van der Waals surface area (Å²) in [5.41, 5.74) is 1.26. The first-order chi connectivity index (χ1) is 13.1. The minimum atomic E-state index is -0.0993. The van der Waals surface area contributed by atoms with E-state index in [1.807, 2.05) is 24.3 Å². The van der Waals surface area contributed by atoms with Crippen LogP contribution in [-0.4, -0.2) is 50.3 Å². The van der Waals surface area contributed by atoms with E-state index in [1.165, 1.54) is 10.4 Å². The summed E-state index contributed by atoms with van der Waals surface area (Å²) in [6, 6.07) is 12.3. The van der Waals surface area contributed by atoms with Crippen LogP contribution in [0.5, 0.6) is 5.75 Å². The van der Waals surface area contributed by atoms with Crippen molar-refractivity contribution in [1.29, 1.82) is 0 Å². The lowest BCUT2D eigenvalue weighted by Crippen LogP contribution is -2.44. The van der Waals surface area contributed by atoms with Crippen molar-refractivity contribution in [2.24, 2.45) is 0 Å². The zero-order valence-corrected chi connectivity index (χ0v) is 16.8. The molecule has 0 spiro atoms. The molecule has 1 aromatic carbocycles. The van der Waals surface area contributed by atoms with Crippen molar-refractivity contribution in [3.05, 3.63) is 52.2 Å². The van der Waals surface area contributed by atoms with Gasteiger partial charge in [-0.3, -0.25) is 9.69 Å². The molecule has 1 aromatic heterocycles. The second-order valence-corrected chi connectivity index (χ2v) is 7.98. The molecule has 0 aliphatic carbocycles. The highest BCUT2D eigenvalue weighted by Crippen LogP contribution is 2.25. The quantitative estimate of drug-likeness (QED) is 0.753. The van der Waals surface area contributed by atoms with Crippen molar-refractivity contribution in [3.8, 4) is 5.75 Å². The number of carbonyl (C=O) groups is 1. The molecule has 1 aliphatic rings. The van der Waals surface area contributed by atoms with Gasteiger partial charge in [-0.1, -0.05) is 32.0 Å². The number of carbonyl (C=O) groups excluding carboxylic acids is 1. The summed E-state index contributed by atoms with van der Waals surface area (Å²) in [4.78, 5) is 15.9. The molecule has 0 radical (unpaired) electrons. The molecular formula is C21H28N2O3S. The number of ether oxygens (including phenoxy) is 2. The summed E-state index contributed by atoms with van der Waals surface area (Å²) in [5.74, 6) is 1.10. The number of hydrogen-bond acceptors (Lipinski definition) is 5. The Labute approximate surface area is 165 Å². The molecular weight excluding hydrogens is 360 g/mol. The Hall–Kier alpha value is -1.89. The van der Waals surface area contributed by atoms with Crippen LogP contribution in [0.4, 0.5) is 0 Å². The molecule has 0 saturated carbocycles. The Morgan fingerprint density at radius 1 is 1.22 bits per heavy atom. The van der Waals surface area contributed by atoms with Crippen LogP contribution in [0.25, 0.3) is 0 Å². The van der Waals surface area contributed by atoms with E-state index in [9.17, 15) is 4.79 Å². The largest absolute Gasteiger partial charge is 0.484 e. The maximum atomic E-state index is 12.3. The van der Waals surface area contributed by atoms with Crippen molar-refractivity contribution in [3.63, 3.8) is 0 Å². The van der Waals surface area contributed by atoms with E-state index in [2.05, 4.69) is 41.6 Å². The Bertz CT molecular complexity index is 695. The SMILES string of the molecule is CC(C)c1ccc(OCC(=O)NCC(c2cccs2)N2CCOCC2)cc1. The molecule has 27 heavy (non-hydrogen) atoms. The average molecular weight is 389 g/mol. The third kappa shape index (κ3) is 5.79. The van der Waals surface area contributed by atoms with Gasteiger partial charge in [0.25, 0.3) is 5.91 Å². The molecule has 1 aliphatic heterocycles.